The third-order valence-corrected chi connectivity index (χ3v) is 10.8. The molecule has 266 valence electrons. The molecule has 3 aliphatic heterocycles. The molecule has 46 heavy (non-hydrogen) atoms. The summed E-state index contributed by atoms with van der Waals surface area (Å²) < 4.78 is 38.6. The number of allylic oxidation sites excluding steroid dienone is 1. The molecule has 2 saturated heterocycles. The summed E-state index contributed by atoms with van der Waals surface area (Å²) >= 11 is 0. The lowest BCUT2D eigenvalue weighted by molar-refractivity contribution is -0.306. The van der Waals surface area contributed by atoms with Crippen molar-refractivity contribution in [1.82, 2.24) is 4.90 Å². The van der Waals surface area contributed by atoms with Crippen LogP contribution in [0.4, 0.5) is 0 Å². The average molecular weight is 654 g/mol. The smallest absolute Gasteiger partial charge is 0.311 e. The molecule has 0 radical (unpaired) electrons. The van der Waals surface area contributed by atoms with Crippen LogP contribution in [0, 0.1) is 23.7 Å². The van der Waals surface area contributed by atoms with Crippen LogP contribution in [0.3, 0.4) is 0 Å². The largest absolute Gasteiger partial charge is 0.459 e. The van der Waals surface area contributed by atoms with Gasteiger partial charge in [0, 0.05) is 25.0 Å². The van der Waals surface area contributed by atoms with E-state index in [-0.39, 0.29) is 37.2 Å². The molecule has 14 atom stereocenters. The number of carbonyl (C=O) groups is 1. The number of ether oxygens (including phenoxy) is 6. The summed E-state index contributed by atoms with van der Waals surface area (Å²) in [6, 6.07) is 0.0458. The summed E-state index contributed by atoms with van der Waals surface area (Å²) in [6.45, 7) is 17.9. The first-order valence-corrected chi connectivity index (χ1v) is 17.2. The van der Waals surface area contributed by atoms with Crippen molar-refractivity contribution in [1.29, 1.82) is 0 Å². The monoisotopic (exact) mass is 653 g/mol. The van der Waals surface area contributed by atoms with Gasteiger partial charge in [-0.3, -0.25) is 4.79 Å². The van der Waals surface area contributed by atoms with Crippen LogP contribution in [0.1, 0.15) is 81.6 Å². The van der Waals surface area contributed by atoms with Gasteiger partial charge in [0.15, 0.2) is 6.29 Å². The molecule has 0 aromatic carbocycles. The summed E-state index contributed by atoms with van der Waals surface area (Å²) in [5.74, 6) is -2.33. The van der Waals surface area contributed by atoms with Crippen LogP contribution >= 0.6 is 0 Å². The normalized spacial score (nSPS) is 46.9. The van der Waals surface area contributed by atoms with Crippen LogP contribution in [0.5, 0.6) is 0 Å². The van der Waals surface area contributed by atoms with Crippen molar-refractivity contribution in [2.45, 2.75) is 142 Å². The minimum Gasteiger partial charge on any atom is -0.459 e. The number of cyclic esters (lactones) is 1. The van der Waals surface area contributed by atoms with Crippen molar-refractivity contribution >= 4 is 5.97 Å². The first kappa shape index (κ1) is 39.1. The average Bonchev–Trinajstić information content (AvgIpc) is 2.99. The Labute approximate surface area is 277 Å². The van der Waals surface area contributed by atoms with Gasteiger partial charge in [-0.1, -0.05) is 51.5 Å². The Morgan fingerprint density at radius 2 is 1.74 bits per heavy atom. The Balaban J connectivity index is 2.23. The van der Waals surface area contributed by atoms with Gasteiger partial charge in [0.25, 0.3) is 0 Å². The molecule has 2 fully saturated rings. The fraction of sp³-hybridized carbons (Fsp3) is 0.861. The molecular weight excluding hydrogens is 590 g/mol. The fourth-order valence-corrected chi connectivity index (χ4v) is 8.20. The van der Waals surface area contributed by atoms with Gasteiger partial charge in [-0.2, -0.15) is 0 Å². The predicted octanol–water partition coefficient (Wildman–Crippen LogP) is 4.51. The van der Waals surface area contributed by atoms with E-state index in [1.165, 1.54) is 0 Å². The zero-order valence-electron chi connectivity index (χ0n) is 30.4. The summed E-state index contributed by atoms with van der Waals surface area (Å²) in [5, 5.41) is 24.0. The minimum absolute atomic E-state index is 0.0207. The topological polar surface area (TPSA) is 116 Å². The number of fused-ring (bicyclic) bond motifs is 5. The maximum atomic E-state index is 13.7. The van der Waals surface area contributed by atoms with E-state index in [9.17, 15) is 15.0 Å². The molecule has 3 aliphatic rings. The van der Waals surface area contributed by atoms with Gasteiger partial charge in [0.1, 0.15) is 17.8 Å². The second-order valence-electron chi connectivity index (χ2n) is 14.6. The number of hydrogen-bond acceptors (Lipinski definition) is 10. The summed E-state index contributed by atoms with van der Waals surface area (Å²) in [7, 11) is 5.71. The van der Waals surface area contributed by atoms with Crippen molar-refractivity contribution in [2.75, 3.05) is 34.4 Å². The Morgan fingerprint density at radius 3 is 2.33 bits per heavy atom. The fourth-order valence-electron chi connectivity index (χ4n) is 8.20. The van der Waals surface area contributed by atoms with Gasteiger partial charge in [-0.25, -0.2) is 0 Å². The van der Waals surface area contributed by atoms with Crippen LogP contribution < -0.4 is 0 Å². The molecule has 3 heterocycles. The zero-order valence-corrected chi connectivity index (χ0v) is 30.4. The molecular formula is C36H63NO9. The molecule has 0 saturated carbocycles. The molecule has 10 heteroatoms. The van der Waals surface area contributed by atoms with Crippen molar-refractivity contribution in [3.8, 4) is 0 Å². The highest BCUT2D eigenvalue weighted by Crippen LogP contribution is 2.42. The number of hydrogen-bond donors (Lipinski definition) is 2. The van der Waals surface area contributed by atoms with Gasteiger partial charge >= 0.3 is 5.97 Å². The summed E-state index contributed by atoms with van der Waals surface area (Å²) in [5.41, 5.74) is -1.35. The van der Waals surface area contributed by atoms with E-state index >= 15 is 0 Å². The third-order valence-electron chi connectivity index (χ3n) is 10.8. The number of esters is 1. The zero-order chi connectivity index (χ0) is 34.6. The van der Waals surface area contributed by atoms with Crippen LogP contribution in [0.15, 0.2) is 23.8 Å². The highest BCUT2D eigenvalue weighted by atomic mass is 16.7. The Hall–Kier alpha value is -1.37. The molecule has 0 spiro atoms. The highest BCUT2D eigenvalue weighted by molar-refractivity contribution is 5.73. The van der Waals surface area contributed by atoms with E-state index in [1.54, 1.807) is 21.0 Å². The molecule has 0 aromatic heterocycles. The molecule has 0 aliphatic carbocycles. The number of likely N-dealkylation sites (N-methyl/N-ethyl adjacent to an activating group) is 1. The Kier molecular flexibility index (Phi) is 13.9. The van der Waals surface area contributed by atoms with Gasteiger partial charge in [0.05, 0.1) is 49.1 Å². The van der Waals surface area contributed by atoms with Crippen molar-refractivity contribution in [2.24, 2.45) is 23.7 Å². The maximum Gasteiger partial charge on any atom is 0.311 e. The van der Waals surface area contributed by atoms with E-state index in [0.29, 0.717) is 12.8 Å². The first-order valence-electron chi connectivity index (χ1n) is 17.2. The van der Waals surface area contributed by atoms with Crippen LogP contribution in [-0.2, 0) is 33.2 Å². The van der Waals surface area contributed by atoms with Gasteiger partial charge in [0.2, 0.25) is 0 Å². The highest BCUT2D eigenvalue weighted by Gasteiger charge is 2.52. The van der Waals surface area contributed by atoms with E-state index in [2.05, 4.69) is 24.8 Å². The Bertz CT molecular complexity index is 1050. The van der Waals surface area contributed by atoms with Gasteiger partial charge in [-0.15, -0.1) is 0 Å². The van der Waals surface area contributed by atoms with E-state index in [4.69, 9.17) is 28.4 Å². The second kappa shape index (κ2) is 16.4. The van der Waals surface area contributed by atoms with E-state index < -0.39 is 65.8 Å². The number of rotatable bonds is 5. The molecule has 1 unspecified atom stereocenters. The maximum absolute atomic E-state index is 13.7. The molecule has 0 aromatic rings. The predicted molar refractivity (Wildman–Crippen MR) is 177 cm³/mol. The standard InChI is InChI=1S/C36H63NO9/c1-13-26-21(3)20-35(8)31(46-34-30(41-12)27(37(10)11)19-22(4)44-34)24(6)29(38)25(7)33(39)45-28(14-2)36(9,40)32(23(26)5)42-17-15-16-18-43-35/h13,15-16,21-25,27-32,34,38,40H,14,17-20H2,1-12H3/b16-15-,26-13?/t21-,22-,23+,24+,25?,27+,28-,29+,30-,31-,32-,34+,35-,36-/m1/s1. The van der Waals surface area contributed by atoms with Gasteiger partial charge < -0.3 is 43.5 Å². The lowest BCUT2D eigenvalue weighted by Gasteiger charge is -2.49. The second-order valence-corrected chi connectivity index (χ2v) is 14.6. The number of aliphatic hydroxyl groups is 2. The van der Waals surface area contributed by atoms with Crippen LogP contribution in [0.2, 0.25) is 0 Å². The number of nitrogens with zero attached hydrogens (tertiary/aromatic N) is 1. The number of methoxy groups -OCH3 is 1. The lowest BCUT2D eigenvalue weighted by Crippen LogP contribution is -2.60. The van der Waals surface area contributed by atoms with Crippen molar-refractivity contribution < 1.29 is 43.4 Å². The Morgan fingerprint density at radius 1 is 1.09 bits per heavy atom. The van der Waals surface area contributed by atoms with Crippen molar-refractivity contribution in [3.63, 3.8) is 0 Å². The summed E-state index contributed by atoms with van der Waals surface area (Å²) in [4.78, 5) is 15.8. The molecule has 3 rings (SSSR count). The van der Waals surface area contributed by atoms with Crippen LogP contribution in [0.25, 0.3) is 0 Å². The van der Waals surface area contributed by atoms with Crippen molar-refractivity contribution in [3.05, 3.63) is 23.8 Å². The SMILES string of the molecule is CC=C1[C@H](C)C[C@@]2(C)OC/C=C\CO[C@H]([C@H]1C)[C@](C)(O)[C@@H](CC)OC(=O)C(C)[C@@H](O)[C@H](C)[C@H]2O[C@@H]1O[C@H](C)C[C@H](N(C)C)[C@H]1OC. The first-order chi connectivity index (χ1) is 21.5. The number of carbonyl (C=O) groups excluding carboxylic acids is 1. The summed E-state index contributed by atoms with van der Waals surface area (Å²) in [6.07, 6.45) is 2.98. The van der Waals surface area contributed by atoms with E-state index in [0.717, 1.165) is 12.0 Å². The van der Waals surface area contributed by atoms with Gasteiger partial charge in [-0.05, 0) is 73.9 Å². The van der Waals surface area contributed by atoms with Crippen LogP contribution in [-0.4, -0.2) is 116 Å². The molecule has 0 amide bonds. The minimum atomic E-state index is -1.51. The quantitative estimate of drug-likeness (QED) is 0.324. The number of aliphatic hydroxyl groups excluding tert-OH is 1. The molecule has 2 N–H and O–H groups in total. The molecule has 10 nitrogen and oxygen atoms in total. The lowest BCUT2D eigenvalue weighted by atomic mass is 9.72. The third kappa shape index (κ3) is 8.43. The van der Waals surface area contributed by atoms with E-state index in [1.807, 2.05) is 60.9 Å². The molecule has 2 bridgehead atoms.